The van der Waals surface area contributed by atoms with E-state index >= 15 is 0 Å². The van der Waals surface area contributed by atoms with Gasteiger partial charge in [0.1, 0.15) is 17.4 Å². The Balaban J connectivity index is 2.04. The second-order valence-electron chi connectivity index (χ2n) is 5.24. The minimum atomic E-state index is -0.657. The van der Waals surface area contributed by atoms with E-state index in [2.05, 4.69) is 4.99 Å². The predicted molar refractivity (Wildman–Crippen MR) is 87.0 cm³/mol. The lowest BCUT2D eigenvalue weighted by Gasteiger charge is -2.08. The number of amides is 2. The number of imide groups is 1. The van der Waals surface area contributed by atoms with Crippen LogP contribution in [0.5, 0.6) is 5.75 Å². The summed E-state index contributed by atoms with van der Waals surface area (Å²) in [7, 11) is 3.07. The minimum absolute atomic E-state index is 0.244. The Kier molecular flexibility index (Phi) is 3.93. The number of aliphatic imine (C=N–C) groups is 1. The number of ether oxygens (including phenoxy) is 1. The molecule has 2 aromatic carbocycles. The number of carbonyl (C=O) groups excluding carboxylic acids is 2. The molecule has 1 saturated heterocycles. The molecule has 1 aliphatic rings. The number of nitrogens with zero attached hydrogens (tertiary/aromatic N) is 2. The van der Waals surface area contributed by atoms with Gasteiger partial charge in [-0.05, 0) is 29.8 Å². The zero-order valence-corrected chi connectivity index (χ0v) is 12.9. The van der Waals surface area contributed by atoms with Crippen molar-refractivity contribution >= 4 is 23.2 Å². The highest BCUT2D eigenvalue weighted by atomic mass is 16.5. The molecule has 0 bridgehead atoms. The third-order valence-corrected chi connectivity index (χ3v) is 3.83. The van der Waals surface area contributed by atoms with E-state index < -0.39 is 5.92 Å². The Hall–Kier alpha value is -2.95. The molecular formula is C18H16N2O3. The maximum absolute atomic E-state index is 12.4. The van der Waals surface area contributed by atoms with Crippen LogP contribution in [0, 0.1) is 0 Å². The fraction of sp³-hybridized carbons (Fsp3) is 0.167. The van der Waals surface area contributed by atoms with Crippen molar-refractivity contribution in [3.63, 3.8) is 0 Å². The van der Waals surface area contributed by atoms with Crippen LogP contribution in [-0.2, 0) is 9.59 Å². The summed E-state index contributed by atoms with van der Waals surface area (Å²) in [5.74, 6) is -0.566. The molecule has 2 aromatic rings. The molecule has 1 unspecified atom stereocenters. The van der Waals surface area contributed by atoms with Crippen LogP contribution in [0.3, 0.4) is 0 Å². The summed E-state index contributed by atoms with van der Waals surface area (Å²) in [5.41, 5.74) is 1.62. The summed E-state index contributed by atoms with van der Waals surface area (Å²) in [6.45, 7) is 0. The number of hydrogen-bond donors (Lipinski definition) is 0. The molecule has 1 atom stereocenters. The van der Waals surface area contributed by atoms with Gasteiger partial charge in [-0.15, -0.1) is 0 Å². The van der Waals surface area contributed by atoms with Crippen LogP contribution in [0.25, 0.3) is 0 Å². The molecule has 5 heteroatoms. The Morgan fingerprint density at radius 3 is 2.26 bits per heavy atom. The van der Waals surface area contributed by atoms with Crippen molar-refractivity contribution in [2.75, 3.05) is 14.2 Å². The number of likely N-dealkylation sites (tertiary alicyclic amines) is 1. The molecule has 0 saturated carbocycles. The second kappa shape index (κ2) is 6.04. The smallest absolute Gasteiger partial charge is 0.275 e. The summed E-state index contributed by atoms with van der Waals surface area (Å²) in [6, 6.07) is 16.3. The van der Waals surface area contributed by atoms with Crippen molar-refractivity contribution in [3.8, 4) is 5.75 Å². The number of hydrogen-bond acceptors (Lipinski definition) is 4. The molecule has 1 heterocycles. The van der Waals surface area contributed by atoms with Crippen molar-refractivity contribution in [2.45, 2.75) is 5.92 Å². The van der Waals surface area contributed by atoms with Crippen LogP contribution >= 0.6 is 0 Å². The van der Waals surface area contributed by atoms with Gasteiger partial charge in [0, 0.05) is 7.05 Å². The fourth-order valence-corrected chi connectivity index (χ4v) is 2.56. The number of carbonyl (C=O) groups is 2. The molecule has 3 rings (SSSR count). The van der Waals surface area contributed by atoms with E-state index in [0.717, 1.165) is 10.5 Å². The highest BCUT2D eigenvalue weighted by molar-refractivity contribution is 6.52. The van der Waals surface area contributed by atoms with Gasteiger partial charge in [-0.2, -0.15) is 0 Å². The lowest BCUT2D eigenvalue weighted by atomic mass is 9.96. The SMILES string of the molecule is COc1ccc(N=C2C(=O)N(C)C(=O)C2c2ccccc2)cc1. The number of rotatable bonds is 3. The van der Waals surface area contributed by atoms with Gasteiger partial charge in [0.15, 0.2) is 0 Å². The molecule has 0 aromatic heterocycles. The number of methoxy groups -OCH3 is 1. The second-order valence-corrected chi connectivity index (χ2v) is 5.24. The average molecular weight is 308 g/mol. The van der Waals surface area contributed by atoms with Crippen LogP contribution in [-0.4, -0.2) is 36.6 Å². The van der Waals surface area contributed by atoms with Gasteiger partial charge in [-0.1, -0.05) is 30.3 Å². The van der Waals surface area contributed by atoms with E-state index in [9.17, 15) is 9.59 Å². The zero-order chi connectivity index (χ0) is 16.4. The van der Waals surface area contributed by atoms with E-state index in [1.807, 2.05) is 30.3 Å². The third-order valence-electron chi connectivity index (χ3n) is 3.83. The first-order chi connectivity index (χ1) is 11.1. The van der Waals surface area contributed by atoms with Gasteiger partial charge in [0.2, 0.25) is 5.91 Å². The molecular weight excluding hydrogens is 292 g/mol. The van der Waals surface area contributed by atoms with Gasteiger partial charge >= 0.3 is 0 Å². The Labute approximate surface area is 134 Å². The van der Waals surface area contributed by atoms with Gasteiger partial charge in [0.05, 0.1) is 12.8 Å². The highest BCUT2D eigenvalue weighted by Crippen LogP contribution is 2.29. The van der Waals surface area contributed by atoms with E-state index in [1.165, 1.54) is 7.05 Å². The molecule has 116 valence electrons. The lowest BCUT2D eigenvalue weighted by Crippen LogP contribution is -2.26. The fourth-order valence-electron chi connectivity index (χ4n) is 2.56. The molecule has 0 N–H and O–H groups in total. The maximum atomic E-state index is 12.4. The molecule has 2 amide bonds. The van der Waals surface area contributed by atoms with E-state index in [1.54, 1.807) is 31.4 Å². The largest absolute Gasteiger partial charge is 0.497 e. The molecule has 0 radical (unpaired) electrons. The van der Waals surface area contributed by atoms with Crippen LogP contribution in [0.4, 0.5) is 5.69 Å². The van der Waals surface area contributed by atoms with Gasteiger partial charge in [-0.3, -0.25) is 14.5 Å². The van der Waals surface area contributed by atoms with Crippen molar-refractivity contribution in [1.29, 1.82) is 0 Å². The van der Waals surface area contributed by atoms with E-state index in [-0.39, 0.29) is 17.5 Å². The Bertz CT molecular complexity index is 767. The number of benzene rings is 2. The summed E-state index contributed by atoms with van der Waals surface area (Å²) in [6.07, 6.45) is 0. The lowest BCUT2D eigenvalue weighted by molar-refractivity contribution is -0.136. The van der Waals surface area contributed by atoms with E-state index in [0.29, 0.717) is 11.4 Å². The topological polar surface area (TPSA) is 59.0 Å². The van der Waals surface area contributed by atoms with Crippen molar-refractivity contribution in [1.82, 2.24) is 4.90 Å². The van der Waals surface area contributed by atoms with Gasteiger partial charge in [-0.25, -0.2) is 4.99 Å². The van der Waals surface area contributed by atoms with Gasteiger partial charge < -0.3 is 4.74 Å². The van der Waals surface area contributed by atoms with Crippen LogP contribution in [0.2, 0.25) is 0 Å². The predicted octanol–water partition coefficient (Wildman–Crippen LogP) is 2.55. The maximum Gasteiger partial charge on any atom is 0.275 e. The molecule has 5 nitrogen and oxygen atoms in total. The average Bonchev–Trinajstić information content (AvgIpc) is 2.80. The summed E-state index contributed by atoms with van der Waals surface area (Å²) in [4.78, 5) is 30.3. The normalized spacial score (nSPS) is 19.5. The molecule has 1 aliphatic heterocycles. The summed E-state index contributed by atoms with van der Waals surface area (Å²) in [5, 5.41) is 0. The van der Waals surface area contributed by atoms with Crippen molar-refractivity contribution in [3.05, 3.63) is 60.2 Å². The van der Waals surface area contributed by atoms with E-state index in [4.69, 9.17) is 4.74 Å². The zero-order valence-electron chi connectivity index (χ0n) is 12.9. The standard InChI is InChI=1S/C18H16N2O3/c1-20-17(21)15(12-6-4-3-5-7-12)16(18(20)22)19-13-8-10-14(23-2)11-9-13/h3-11,15H,1-2H3. The van der Waals surface area contributed by atoms with Crippen molar-refractivity contribution in [2.24, 2.45) is 4.99 Å². The van der Waals surface area contributed by atoms with Crippen LogP contribution in [0.1, 0.15) is 11.5 Å². The first-order valence-electron chi connectivity index (χ1n) is 7.21. The summed E-state index contributed by atoms with van der Waals surface area (Å²) >= 11 is 0. The monoisotopic (exact) mass is 308 g/mol. The molecule has 23 heavy (non-hydrogen) atoms. The summed E-state index contributed by atoms with van der Waals surface area (Å²) < 4.78 is 5.11. The Morgan fingerprint density at radius 2 is 1.65 bits per heavy atom. The van der Waals surface area contributed by atoms with Crippen LogP contribution < -0.4 is 4.74 Å². The number of likely N-dealkylation sites (N-methyl/N-ethyl adjacent to an activating group) is 1. The van der Waals surface area contributed by atoms with Gasteiger partial charge in [0.25, 0.3) is 5.91 Å². The molecule has 0 spiro atoms. The first kappa shape index (κ1) is 15.0. The third kappa shape index (κ3) is 2.73. The quantitative estimate of drug-likeness (QED) is 0.819. The first-order valence-corrected chi connectivity index (χ1v) is 7.21. The Morgan fingerprint density at radius 1 is 1.00 bits per heavy atom. The highest BCUT2D eigenvalue weighted by Gasteiger charge is 2.43. The van der Waals surface area contributed by atoms with Crippen LogP contribution in [0.15, 0.2) is 59.6 Å². The molecule has 0 aliphatic carbocycles. The minimum Gasteiger partial charge on any atom is -0.497 e. The van der Waals surface area contributed by atoms with Crippen molar-refractivity contribution < 1.29 is 14.3 Å². The molecule has 1 fully saturated rings.